The van der Waals surface area contributed by atoms with E-state index in [0.717, 1.165) is 12.8 Å². The van der Waals surface area contributed by atoms with E-state index >= 15 is 0 Å². The molecular formula is C16H25N3O2. The highest BCUT2D eigenvalue weighted by molar-refractivity contribution is 5.68. The maximum absolute atomic E-state index is 12.3. The van der Waals surface area contributed by atoms with Gasteiger partial charge in [-0.1, -0.05) is 0 Å². The van der Waals surface area contributed by atoms with Crippen molar-refractivity contribution in [1.82, 2.24) is 9.88 Å². The van der Waals surface area contributed by atoms with Crippen LogP contribution in [-0.4, -0.2) is 40.7 Å². The first kappa shape index (κ1) is 15.8. The third kappa shape index (κ3) is 4.17. The number of ether oxygens (including phenoxy) is 1. The predicted molar refractivity (Wildman–Crippen MR) is 82.0 cm³/mol. The smallest absolute Gasteiger partial charge is 0.410 e. The van der Waals surface area contributed by atoms with Crippen LogP contribution in [0.5, 0.6) is 0 Å². The van der Waals surface area contributed by atoms with E-state index in [0.29, 0.717) is 19.0 Å². The molecule has 1 aromatic heterocycles. The fourth-order valence-corrected chi connectivity index (χ4v) is 2.77. The Balaban J connectivity index is 2.04. The van der Waals surface area contributed by atoms with Crippen molar-refractivity contribution >= 4 is 6.09 Å². The first-order valence-corrected chi connectivity index (χ1v) is 7.50. The Bertz CT molecular complexity index is 470. The van der Waals surface area contributed by atoms with Crippen LogP contribution in [0.3, 0.4) is 0 Å². The van der Waals surface area contributed by atoms with Gasteiger partial charge in [0.2, 0.25) is 0 Å². The van der Waals surface area contributed by atoms with E-state index in [4.69, 9.17) is 10.5 Å². The summed E-state index contributed by atoms with van der Waals surface area (Å²) in [5, 5.41) is 0. The molecule has 0 spiro atoms. The molecule has 21 heavy (non-hydrogen) atoms. The molecule has 1 saturated heterocycles. The summed E-state index contributed by atoms with van der Waals surface area (Å²) in [5.74, 6) is 0.431. The van der Waals surface area contributed by atoms with E-state index in [1.807, 2.05) is 45.3 Å². The molecule has 1 amide bonds. The molecule has 0 radical (unpaired) electrons. The quantitative estimate of drug-likeness (QED) is 0.909. The molecule has 1 fully saturated rings. The van der Waals surface area contributed by atoms with Crippen molar-refractivity contribution in [2.75, 3.05) is 13.1 Å². The van der Waals surface area contributed by atoms with Crippen molar-refractivity contribution in [1.29, 1.82) is 0 Å². The second-order valence-electron chi connectivity index (χ2n) is 6.57. The molecule has 1 aliphatic heterocycles. The maximum atomic E-state index is 12.3. The van der Waals surface area contributed by atoms with Crippen molar-refractivity contribution < 1.29 is 9.53 Å². The Kier molecular flexibility index (Phi) is 4.83. The van der Waals surface area contributed by atoms with Gasteiger partial charge in [0.1, 0.15) is 5.60 Å². The third-order valence-corrected chi connectivity index (χ3v) is 3.79. The first-order valence-electron chi connectivity index (χ1n) is 7.50. The number of hydrogen-bond acceptors (Lipinski definition) is 4. The minimum Gasteiger partial charge on any atom is -0.444 e. The van der Waals surface area contributed by atoms with Gasteiger partial charge in [-0.15, -0.1) is 0 Å². The Labute approximate surface area is 126 Å². The zero-order valence-electron chi connectivity index (χ0n) is 13.1. The number of amides is 1. The third-order valence-electron chi connectivity index (χ3n) is 3.79. The monoisotopic (exact) mass is 291 g/mol. The van der Waals surface area contributed by atoms with Gasteiger partial charge in [-0.05, 0) is 57.2 Å². The van der Waals surface area contributed by atoms with Crippen molar-refractivity contribution in [3.05, 3.63) is 30.1 Å². The number of aromatic nitrogens is 1. The van der Waals surface area contributed by atoms with Gasteiger partial charge in [-0.2, -0.15) is 0 Å². The molecule has 116 valence electrons. The Hall–Kier alpha value is -1.62. The summed E-state index contributed by atoms with van der Waals surface area (Å²) in [4.78, 5) is 18.1. The molecule has 5 nitrogen and oxygen atoms in total. The Morgan fingerprint density at radius 2 is 2.10 bits per heavy atom. The lowest BCUT2D eigenvalue weighted by molar-refractivity contribution is 0.00913. The van der Waals surface area contributed by atoms with E-state index < -0.39 is 5.60 Å². The lowest BCUT2D eigenvalue weighted by atomic mass is 9.86. The molecule has 0 bridgehead atoms. The molecule has 2 atom stereocenters. The molecule has 2 heterocycles. The molecule has 2 rings (SSSR count). The highest BCUT2D eigenvalue weighted by Crippen LogP contribution is 2.31. The number of carbonyl (C=O) groups is 1. The minimum atomic E-state index is -0.474. The van der Waals surface area contributed by atoms with Gasteiger partial charge in [0, 0.05) is 31.5 Å². The molecule has 2 N–H and O–H groups in total. The Morgan fingerprint density at radius 1 is 1.43 bits per heavy atom. The molecule has 2 unspecified atom stereocenters. The summed E-state index contributed by atoms with van der Waals surface area (Å²) in [5.41, 5.74) is 6.67. The van der Waals surface area contributed by atoms with E-state index in [-0.39, 0.29) is 12.1 Å². The lowest BCUT2D eigenvalue weighted by Crippen LogP contribution is -2.50. The summed E-state index contributed by atoms with van der Waals surface area (Å²) in [6.07, 6.45) is 5.17. The second kappa shape index (κ2) is 6.43. The largest absolute Gasteiger partial charge is 0.444 e. The van der Waals surface area contributed by atoms with Gasteiger partial charge in [0.05, 0.1) is 0 Å². The molecular weight excluding hydrogens is 266 g/mol. The van der Waals surface area contributed by atoms with Crippen molar-refractivity contribution in [3.8, 4) is 0 Å². The van der Waals surface area contributed by atoms with Crippen LogP contribution in [-0.2, 0) is 4.74 Å². The van der Waals surface area contributed by atoms with Gasteiger partial charge in [-0.3, -0.25) is 4.98 Å². The van der Waals surface area contributed by atoms with Gasteiger partial charge >= 0.3 is 6.09 Å². The van der Waals surface area contributed by atoms with E-state index in [1.165, 1.54) is 5.56 Å². The number of hydrogen-bond donors (Lipinski definition) is 1. The molecule has 1 aliphatic rings. The minimum absolute atomic E-state index is 0.0340. The predicted octanol–water partition coefficient (Wildman–Crippen LogP) is 2.52. The van der Waals surface area contributed by atoms with Crippen molar-refractivity contribution in [2.24, 2.45) is 5.73 Å². The van der Waals surface area contributed by atoms with Crippen LogP contribution in [0, 0.1) is 0 Å². The van der Waals surface area contributed by atoms with Crippen LogP contribution in [0.25, 0.3) is 0 Å². The average Bonchev–Trinajstić information content (AvgIpc) is 2.45. The normalized spacial score (nSPS) is 23.0. The number of likely N-dealkylation sites (tertiary alicyclic amines) is 1. The average molecular weight is 291 g/mol. The molecule has 0 saturated carbocycles. The van der Waals surface area contributed by atoms with Crippen LogP contribution in [0.4, 0.5) is 4.79 Å². The van der Waals surface area contributed by atoms with Crippen LogP contribution >= 0.6 is 0 Å². The Morgan fingerprint density at radius 3 is 2.67 bits per heavy atom. The van der Waals surface area contributed by atoms with Crippen LogP contribution in [0.15, 0.2) is 24.5 Å². The highest BCUT2D eigenvalue weighted by atomic mass is 16.6. The van der Waals surface area contributed by atoms with Crippen molar-refractivity contribution in [3.63, 3.8) is 0 Å². The summed E-state index contributed by atoms with van der Waals surface area (Å²) in [6.45, 7) is 6.79. The summed E-state index contributed by atoms with van der Waals surface area (Å²) in [6, 6.07) is 4.12. The van der Waals surface area contributed by atoms with Gasteiger partial charge in [0.15, 0.2) is 0 Å². The second-order valence-corrected chi connectivity index (χ2v) is 6.57. The molecule has 5 heteroatoms. The van der Waals surface area contributed by atoms with Gasteiger partial charge in [-0.25, -0.2) is 4.79 Å². The number of carbonyl (C=O) groups excluding carboxylic acids is 1. The van der Waals surface area contributed by atoms with Crippen LogP contribution < -0.4 is 5.73 Å². The lowest BCUT2D eigenvalue weighted by Gasteiger charge is -2.39. The molecule has 0 aliphatic carbocycles. The topological polar surface area (TPSA) is 68.5 Å². The number of piperidine rings is 1. The van der Waals surface area contributed by atoms with Gasteiger partial charge in [0.25, 0.3) is 0 Å². The SMILES string of the molecule is CC(C)(C)OC(=O)N1CCC(c2ccncc2)CC1CN. The van der Waals surface area contributed by atoms with E-state index in [2.05, 4.69) is 4.98 Å². The zero-order valence-corrected chi connectivity index (χ0v) is 13.1. The number of pyridine rings is 1. The first-order chi connectivity index (χ1) is 9.90. The number of nitrogens with two attached hydrogens (primary N) is 1. The van der Waals surface area contributed by atoms with E-state index in [9.17, 15) is 4.79 Å². The summed E-state index contributed by atoms with van der Waals surface area (Å²) >= 11 is 0. The zero-order chi connectivity index (χ0) is 15.5. The highest BCUT2D eigenvalue weighted by Gasteiger charge is 2.33. The van der Waals surface area contributed by atoms with E-state index in [1.54, 1.807) is 4.90 Å². The summed E-state index contributed by atoms with van der Waals surface area (Å²) < 4.78 is 5.47. The van der Waals surface area contributed by atoms with Crippen LogP contribution in [0.1, 0.15) is 45.1 Å². The summed E-state index contributed by atoms with van der Waals surface area (Å²) in [7, 11) is 0. The standard InChI is InChI=1S/C16H25N3O2/c1-16(2,3)21-15(20)19-9-6-13(10-14(19)11-17)12-4-7-18-8-5-12/h4-5,7-8,13-14H,6,9-11,17H2,1-3H3. The van der Waals surface area contributed by atoms with Gasteiger partial charge < -0.3 is 15.4 Å². The fourth-order valence-electron chi connectivity index (χ4n) is 2.77. The maximum Gasteiger partial charge on any atom is 0.410 e. The van der Waals surface area contributed by atoms with Crippen LogP contribution in [0.2, 0.25) is 0 Å². The molecule has 0 aromatic carbocycles. The fraction of sp³-hybridized carbons (Fsp3) is 0.625. The number of rotatable bonds is 2. The number of nitrogens with zero attached hydrogens (tertiary/aromatic N) is 2. The van der Waals surface area contributed by atoms with Crippen molar-refractivity contribution in [2.45, 2.75) is 51.2 Å². The molecule has 1 aromatic rings.